The van der Waals surface area contributed by atoms with Crippen LogP contribution in [0, 0.1) is 13.8 Å². The molecule has 2 rings (SSSR count). The highest BCUT2D eigenvalue weighted by Gasteiger charge is 2.04. The molecule has 1 aliphatic heterocycles. The Labute approximate surface area is 88.2 Å². The zero-order chi connectivity index (χ0) is 9.97. The number of hydrogen-bond donors (Lipinski definition) is 0. The third-order valence-electron chi connectivity index (χ3n) is 2.06. The fraction of sp³-hybridized carbons (Fsp3) is 0.273. The third-order valence-corrected chi connectivity index (χ3v) is 2.83. The number of rotatable bonds is 1. The molecule has 1 heterocycles. The Balaban J connectivity index is 2.33. The molecular formula is C11H12N2S. The Bertz CT molecular complexity index is 408. The van der Waals surface area contributed by atoms with Gasteiger partial charge in [0.25, 0.3) is 0 Å². The third kappa shape index (κ3) is 2.04. The van der Waals surface area contributed by atoms with E-state index >= 15 is 0 Å². The van der Waals surface area contributed by atoms with Crippen molar-refractivity contribution < 1.29 is 0 Å². The van der Waals surface area contributed by atoms with Gasteiger partial charge in [-0.2, -0.15) is 0 Å². The normalized spacial score (nSPS) is 18.0. The maximum atomic E-state index is 4.48. The summed E-state index contributed by atoms with van der Waals surface area (Å²) in [6, 6.07) is 6.27. The predicted octanol–water partition coefficient (Wildman–Crippen LogP) is 3.11. The van der Waals surface area contributed by atoms with Crippen LogP contribution in [0.1, 0.15) is 11.1 Å². The lowest BCUT2D eigenvalue weighted by Crippen LogP contribution is -1.82. The van der Waals surface area contributed by atoms with Crippen LogP contribution in [0.3, 0.4) is 0 Å². The van der Waals surface area contributed by atoms with Crippen LogP contribution < -0.4 is 0 Å². The van der Waals surface area contributed by atoms with Crippen LogP contribution in [-0.2, 0) is 0 Å². The fourth-order valence-corrected chi connectivity index (χ4v) is 1.97. The lowest BCUT2D eigenvalue weighted by atomic mass is 10.1. The highest BCUT2D eigenvalue weighted by molar-refractivity contribution is 8.14. The van der Waals surface area contributed by atoms with E-state index in [1.54, 1.807) is 11.8 Å². The van der Waals surface area contributed by atoms with Crippen molar-refractivity contribution in [2.45, 2.75) is 13.8 Å². The molecule has 2 nitrogen and oxygen atoms in total. The van der Waals surface area contributed by atoms with Crippen LogP contribution in [0.2, 0.25) is 0 Å². The van der Waals surface area contributed by atoms with Gasteiger partial charge in [0.15, 0.2) is 5.17 Å². The molecule has 72 valence electrons. The Kier molecular flexibility index (Phi) is 2.68. The van der Waals surface area contributed by atoms with E-state index in [1.807, 2.05) is 12.3 Å². The molecular weight excluding hydrogens is 192 g/mol. The quantitative estimate of drug-likeness (QED) is 0.690. The first-order valence-electron chi connectivity index (χ1n) is 4.57. The lowest BCUT2D eigenvalue weighted by Gasteiger charge is -2.01. The number of benzene rings is 1. The van der Waals surface area contributed by atoms with Crippen LogP contribution in [0.25, 0.3) is 0 Å². The fourth-order valence-electron chi connectivity index (χ4n) is 1.36. The van der Waals surface area contributed by atoms with Gasteiger partial charge >= 0.3 is 0 Å². The maximum absolute atomic E-state index is 4.48. The van der Waals surface area contributed by atoms with E-state index in [-0.39, 0.29) is 0 Å². The van der Waals surface area contributed by atoms with Gasteiger partial charge in [0, 0.05) is 12.0 Å². The van der Waals surface area contributed by atoms with Crippen molar-refractivity contribution in [3.8, 4) is 0 Å². The maximum Gasteiger partial charge on any atom is 0.188 e. The molecule has 0 saturated heterocycles. The summed E-state index contributed by atoms with van der Waals surface area (Å²) in [7, 11) is 0. The van der Waals surface area contributed by atoms with Crippen LogP contribution in [-0.4, -0.2) is 17.1 Å². The largest absolute Gasteiger partial charge is 0.235 e. The molecule has 0 saturated carbocycles. The van der Waals surface area contributed by atoms with E-state index in [4.69, 9.17) is 0 Å². The first-order chi connectivity index (χ1) is 6.75. The summed E-state index contributed by atoms with van der Waals surface area (Å²) in [5.41, 5.74) is 3.51. The molecule has 3 heteroatoms. The Hall–Kier alpha value is -1.09. The van der Waals surface area contributed by atoms with Crippen molar-refractivity contribution in [1.82, 2.24) is 0 Å². The van der Waals surface area contributed by atoms with Crippen molar-refractivity contribution in [1.29, 1.82) is 0 Å². The van der Waals surface area contributed by atoms with Crippen LogP contribution in [0.4, 0.5) is 5.69 Å². The molecule has 0 bridgehead atoms. The first kappa shape index (κ1) is 9.46. The van der Waals surface area contributed by atoms with Gasteiger partial charge in [0.2, 0.25) is 0 Å². The number of nitrogens with zero attached hydrogens (tertiary/aromatic N) is 2. The number of aliphatic imine (C=N–C) groups is 2. The van der Waals surface area contributed by atoms with E-state index < -0.39 is 0 Å². The molecule has 0 unspecified atom stereocenters. The molecule has 0 fully saturated rings. The standard InChI is InChI=1S/C11H12N2S/c1-8-3-4-10(9(2)7-8)13-11-12-5-6-14-11/h3-5,7H,6H2,1-2H3. The topological polar surface area (TPSA) is 24.7 Å². The van der Waals surface area contributed by atoms with Crippen LogP contribution in [0.15, 0.2) is 28.2 Å². The molecule has 0 radical (unpaired) electrons. The molecule has 0 atom stereocenters. The van der Waals surface area contributed by atoms with Crippen molar-refractivity contribution in [3.63, 3.8) is 0 Å². The molecule has 0 spiro atoms. The average molecular weight is 204 g/mol. The summed E-state index contributed by atoms with van der Waals surface area (Å²) >= 11 is 1.68. The van der Waals surface area contributed by atoms with Gasteiger partial charge in [-0.25, -0.2) is 9.98 Å². The Morgan fingerprint density at radius 3 is 2.86 bits per heavy atom. The van der Waals surface area contributed by atoms with Gasteiger partial charge in [0.1, 0.15) is 0 Å². The Morgan fingerprint density at radius 2 is 2.21 bits per heavy atom. The summed E-state index contributed by atoms with van der Waals surface area (Å²) < 4.78 is 0. The summed E-state index contributed by atoms with van der Waals surface area (Å²) in [5.74, 6) is 0.948. The van der Waals surface area contributed by atoms with E-state index in [1.165, 1.54) is 11.1 Å². The van der Waals surface area contributed by atoms with E-state index in [0.29, 0.717) is 0 Å². The van der Waals surface area contributed by atoms with Gasteiger partial charge in [-0.05, 0) is 25.5 Å². The minimum atomic E-state index is 0.872. The highest BCUT2D eigenvalue weighted by atomic mass is 32.2. The van der Waals surface area contributed by atoms with Gasteiger partial charge in [0.05, 0.1) is 5.69 Å². The second-order valence-corrected chi connectivity index (χ2v) is 4.29. The molecule has 0 aliphatic carbocycles. The average Bonchev–Trinajstić information content (AvgIpc) is 2.62. The Morgan fingerprint density at radius 1 is 1.36 bits per heavy atom. The van der Waals surface area contributed by atoms with Crippen molar-refractivity contribution >= 4 is 28.8 Å². The summed E-state index contributed by atoms with van der Waals surface area (Å²) in [4.78, 5) is 8.66. The molecule has 0 N–H and O–H groups in total. The van der Waals surface area contributed by atoms with E-state index in [2.05, 4.69) is 36.0 Å². The molecule has 14 heavy (non-hydrogen) atoms. The predicted molar refractivity (Wildman–Crippen MR) is 64.0 cm³/mol. The van der Waals surface area contributed by atoms with Gasteiger partial charge < -0.3 is 0 Å². The summed E-state index contributed by atoms with van der Waals surface area (Å²) in [6.45, 7) is 4.17. The molecule has 1 aromatic rings. The minimum absolute atomic E-state index is 0.872. The SMILES string of the molecule is Cc1ccc(N=C2N=CCS2)c(C)c1. The number of aryl methyl sites for hydroxylation is 2. The summed E-state index contributed by atoms with van der Waals surface area (Å²) in [5, 5.41) is 0.872. The van der Waals surface area contributed by atoms with Crippen LogP contribution in [0.5, 0.6) is 0 Å². The zero-order valence-electron chi connectivity index (χ0n) is 8.32. The second-order valence-electron chi connectivity index (χ2n) is 3.31. The number of hydrogen-bond acceptors (Lipinski definition) is 2. The van der Waals surface area contributed by atoms with Gasteiger partial charge in [-0.3, -0.25) is 0 Å². The molecule has 1 aromatic carbocycles. The van der Waals surface area contributed by atoms with Gasteiger partial charge in [-0.15, -0.1) is 0 Å². The first-order valence-corrected chi connectivity index (χ1v) is 5.55. The second kappa shape index (κ2) is 3.96. The molecule has 0 aromatic heterocycles. The van der Waals surface area contributed by atoms with Crippen molar-refractivity contribution in [2.24, 2.45) is 9.98 Å². The number of amidine groups is 1. The van der Waals surface area contributed by atoms with E-state index in [0.717, 1.165) is 16.6 Å². The lowest BCUT2D eigenvalue weighted by molar-refractivity contribution is 1.34. The zero-order valence-corrected chi connectivity index (χ0v) is 9.14. The molecule has 0 amide bonds. The summed E-state index contributed by atoms with van der Waals surface area (Å²) in [6.07, 6.45) is 1.90. The monoisotopic (exact) mass is 204 g/mol. The van der Waals surface area contributed by atoms with Crippen molar-refractivity contribution in [2.75, 3.05) is 5.75 Å². The molecule has 1 aliphatic rings. The van der Waals surface area contributed by atoms with Gasteiger partial charge in [-0.1, -0.05) is 29.5 Å². The number of thioether (sulfide) groups is 1. The van der Waals surface area contributed by atoms with E-state index in [9.17, 15) is 0 Å². The smallest absolute Gasteiger partial charge is 0.188 e. The highest BCUT2D eigenvalue weighted by Crippen LogP contribution is 2.22. The van der Waals surface area contributed by atoms with Crippen LogP contribution >= 0.6 is 11.8 Å². The minimum Gasteiger partial charge on any atom is -0.235 e. The van der Waals surface area contributed by atoms with Crippen molar-refractivity contribution in [3.05, 3.63) is 29.3 Å².